The molecule has 0 aliphatic heterocycles. The van der Waals surface area contributed by atoms with Crippen LogP contribution in [0.15, 0.2) is 24.3 Å². The van der Waals surface area contributed by atoms with E-state index in [1.165, 1.54) is 11.1 Å². The average molecular weight is 389 g/mol. The summed E-state index contributed by atoms with van der Waals surface area (Å²) in [6, 6.07) is 0. The number of halogens is 2. The van der Waals surface area contributed by atoms with Crippen LogP contribution in [0.3, 0.4) is 0 Å². The van der Waals surface area contributed by atoms with E-state index in [1.807, 2.05) is 0 Å². The molecule has 0 radical (unpaired) electrons. The van der Waals surface area contributed by atoms with Gasteiger partial charge in [-0.3, -0.25) is 0 Å². The Hall–Kier alpha value is 1.24. The van der Waals surface area contributed by atoms with E-state index in [-0.39, 0.29) is 0 Å². The predicted octanol–water partition coefficient (Wildman–Crippen LogP) is 4.37. The summed E-state index contributed by atoms with van der Waals surface area (Å²) < 4.78 is 2.28. The van der Waals surface area contributed by atoms with Gasteiger partial charge in [0.1, 0.15) is 0 Å². The summed E-state index contributed by atoms with van der Waals surface area (Å²) in [6.07, 6.45) is 0. The van der Waals surface area contributed by atoms with Gasteiger partial charge < -0.3 is 0 Å². The van der Waals surface area contributed by atoms with Crippen LogP contribution < -0.4 is 0 Å². The maximum atomic E-state index is 3.91. The Kier molecular flexibility index (Phi) is 5.64. The number of rotatable bonds is 4. The van der Waals surface area contributed by atoms with Gasteiger partial charge in [-0.05, 0) is 0 Å². The van der Waals surface area contributed by atoms with E-state index in [2.05, 4.69) is 52.4 Å². The number of allylic oxidation sites excluding steroid dienone is 2. The normalized spacial score (nSPS) is 11.3. The summed E-state index contributed by atoms with van der Waals surface area (Å²) in [5.74, 6) is 0. The third-order valence-corrected chi connectivity index (χ3v) is 15.0. The van der Waals surface area contributed by atoms with Gasteiger partial charge in [-0.15, -0.1) is 0 Å². The minimum absolute atomic E-state index is 1.14. The molecule has 0 aromatic heterocycles. The third-order valence-electron chi connectivity index (χ3n) is 1.12. The number of hydrogen-bond acceptors (Lipinski definition) is 0. The predicted molar refractivity (Wildman–Crippen MR) is 62.9 cm³/mol. The first-order valence-electron chi connectivity index (χ1n) is 3.50. The van der Waals surface area contributed by atoms with Crippen LogP contribution in [0.25, 0.3) is 0 Å². The van der Waals surface area contributed by atoms with E-state index in [0.29, 0.717) is 0 Å². The van der Waals surface area contributed by atoms with Crippen molar-refractivity contribution in [3.8, 4) is 0 Å². The fourth-order valence-electron chi connectivity index (χ4n) is 0.946. The summed E-state index contributed by atoms with van der Waals surface area (Å²) in [4.78, 5) is 0. The molecule has 0 spiro atoms. The minimum atomic E-state index is -2.11. The molecule has 0 atom stereocenters. The SMILES string of the molecule is C=C(C)[CH2][Sn]([Br])([Br])[CH2]C(=C)C. The van der Waals surface area contributed by atoms with Crippen LogP contribution in [0, 0.1) is 0 Å². The molecule has 0 aliphatic carbocycles. The molecule has 64 valence electrons. The molecule has 0 saturated carbocycles. The van der Waals surface area contributed by atoms with Gasteiger partial charge in [0, 0.05) is 0 Å². The fraction of sp³-hybridized carbons (Fsp3) is 0.500. The second-order valence-electron chi connectivity index (χ2n) is 3.12. The van der Waals surface area contributed by atoms with E-state index < -0.39 is 13.9 Å². The van der Waals surface area contributed by atoms with Crippen molar-refractivity contribution in [3.05, 3.63) is 24.3 Å². The van der Waals surface area contributed by atoms with E-state index in [9.17, 15) is 0 Å². The van der Waals surface area contributed by atoms with Gasteiger partial charge in [0.25, 0.3) is 0 Å². The van der Waals surface area contributed by atoms with Gasteiger partial charge in [-0.1, -0.05) is 0 Å². The van der Waals surface area contributed by atoms with Crippen molar-refractivity contribution in [2.45, 2.75) is 22.7 Å². The fourth-order valence-corrected chi connectivity index (χ4v) is 19.2. The Labute approximate surface area is 85.5 Å². The van der Waals surface area contributed by atoms with Crippen LogP contribution in [-0.4, -0.2) is 13.9 Å². The quantitative estimate of drug-likeness (QED) is 0.495. The van der Waals surface area contributed by atoms with Crippen molar-refractivity contribution < 1.29 is 0 Å². The van der Waals surface area contributed by atoms with Gasteiger partial charge in [0.15, 0.2) is 0 Å². The second-order valence-corrected chi connectivity index (χ2v) is 37.5. The number of hydrogen-bond donors (Lipinski definition) is 0. The van der Waals surface area contributed by atoms with Crippen molar-refractivity contribution in [3.63, 3.8) is 0 Å². The summed E-state index contributed by atoms with van der Waals surface area (Å²) in [5.41, 5.74) is 2.52. The maximum absolute atomic E-state index is 3.91. The van der Waals surface area contributed by atoms with Gasteiger partial charge in [-0.25, -0.2) is 0 Å². The topological polar surface area (TPSA) is 0 Å². The molecule has 0 aliphatic rings. The first kappa shape index (κ1) is 12.2. The molecule has 0 aromatic rings. The third kappa shape index (κ3) is 7.59. The summed E-state index contributed by atoms with van der Waals surface area (Å²) in [7, 11) is 0. The van der Waals surface area contributed by atoms with E-state index in [4.69, 9.17) is 0 Å². The molecule has 3 heteroatoms. The van der Waals surface area contributed by atoms with Gasteiger partial charge in [0.2, 0.25) is 0 Å². The standard InChI is InChI=1S/2C4H7.2BrH.Sn/c2*1-4(2)3;;;/h2*1-2H2,3H3;2*1H;/q;;;;+2/p-2. The van der Waals surface area contributed by atoms with Crippen LogP contribution in [0.1, 0.15) is 13.8 Å². The molecule has 0 bridgehead atoms. The molecule has 0 N–H and O–H groups in total. The van der Waals surface area contributed by atoms with Crippen LogP contribution in [0.2, 0.25) is 8.87 Å². The Balaban J connectivity index is 3.99. The Morgan fingerprint density at radius 2 is 1.36 bits per heavy atom. The zero-order valence-electron chi connectivity index (χ0n) is 7.08. The zero-order chi connectivity index (χ0) is 9.07. The van der Waals surface area contributed by atoms with Crippen molar-refractivity contribution in [2.24, 2.45) is 0 Å². The van der Waals surface area contributed by atoms with Crippen molar-refractivity contribution in [2.75, 3.05) is 0 Å². The second kappa shape index (κ2) is 5.07. The molecule has 0 heterocycles. The Morgan fingerprint density at radius 1 is 1.09 bits per heavy atom. The molecule has 0 nitrogen and oxygen atoms in total. The van der Waals surface area contributed by atoms with Crippen LogP contribution in [0.4, 0.5) is 0 Å². The van der Waals surface area contributed by atoms with E-state index in [1.54, 1.807) is 0 Å². The van der Waals surface area contributed by atoms with Crippen molar-refractivity contribution in [1.29, 1.82) is 0 Å². The van der Waals surface area contributed by atoms with Crippen molar-refractivity contribution >= 4 is 39.3 Å². The average Bonchev–Trinajstić information content (AvgIpc) is 1.53. The molecule has 0 unspecified atom stereocenters. The van der Waals surface area contributed by atoms with Gasteiger partial charge in [-0.2, -0.15) is 0 Å². The Morgan fingerprint density at radius 3 is 1.55 bits per heavy atom. The summed E-state index contributed by atoms with van der Waals surface area (Å²) >= 11 is 5.47. The summed E-state index contributed by atoms with van der Waals surface area (Å²) in [5, 5.41) is 0. The monoisotopic (exact) mass is 388 g/mol. The Bertz CT molecular complexity index is 155. The molecule has 0 rings (SSSR count). The van der Waals surface area contributed by atoms with E-state index in [0.717, 1.165) is 8.87 Å². The van der Waals surface area contributed by atoms with E-state index >= 15 is 0 Å². The zero-order valence-corrected chi connectivity index (χ0v) is 13.1. The van der Waals surface area contributed by atoms with Crippen LogP contribution in [0.5, 0.6) is 0 Å². The molecule has 11 heavy (non-hydrogen) atoms. The van der Waals surface area contributed by atoms with Crippen molar-refractivity contribution in [1.82, 2.24) is 0 Å². The molecule has 0 saturated heterocycles. The molecular formula is C8H14Br2Sn. The first-order chi connectivity index (χ1) is 4.83. The molecular weight excluding hydrogens is 375 g/mol. The molecule has 0 fully saturated rings. The molecule has 0 aromatic carbocycles. The first-order valence-corrected chi connectivity index (χ1v) is 20.3. The van der Waals surface area contributed by atoms with Crippen LogP contribution >= 0.6 is 25.4 Å². The van der Waals surface area contributed by atoms with Crippen LogP contribution in [-0.2, 0) is 0 Å². The summed E-state index contributed by atoms with van der Waals surface area (Å²) in [6.45, 7) is 12.0. The van der Waals surface area contributed by atoms with Gasteiger partial charge >= 0.3 is 86.4 Å². The van der Waals surface area contributed by atoms with Gasteiger partial charge in [0.05, 0.1) is 0 Å². The molecule has 0 amide bonds.